The van der Waals surface area contributed by atoms with E-state index in [1.807, 2.05) is 6.92 Å². The lowest BCUT2D eigenvalue weighted by molar-refractivity contribution is 0.755. The topological polar surface area (TPSA) is 25.8 Å². The Morgan fingerprint density at radius 2 is 2.00 bits per heavy atom. The van der Waals surface area contributed by atoms with E-state index in [-0.39, 0.29) is 0 Å². The molecule has 0 radical (unpaired) electrons. The van der Waals surface area contributed by atoms with Gasteiger partial charge in [0.15, 0.2) is 0 Å². The third-order valence-electron chi connectivity index (χ3n) is 1.96. The summed E-state index contributed by atoms with van der Waals surface area (Å²) in [5.41, 5.74) is 3.48. The molecule has 0 aliphatic heterocycles. The SMILES string of the molecule is CCc1cc(C)nnc1C(C)C. The van der Waals surface area contributed by atoms with Gasteiger partial charge in [-0.3, -0.25) is 0 Å². The van der Waals surface area contributed by atoms with Gasteiger partial charge >= 0.3 is 0 Å². The van der Waals surface area contributed by atoms with Crippen molar-refractivity contribution in [2.24, 2.45) is 0 Å². The Kier molecular flexibility index (Phi) is 2.79. The van der Waals surface area contributed by atoms with Crippen LogP contribution >= 0.6 is 0 Å². The van der Waals surface area contributed by atoms with Crippen molar-refractivity contribution < 1.29 is 0 Å². The Hall–Kier alpha value is -0.920. The molecule has 0 bridgehead atoms. The maximum atomic E-state index is 4.20. The molecule has 2 nitrogen and oxygen atoms in total. The minimum atomic E-state index is 0.480. The van der Waals surface area contributed by atoms with Gasteiger partial charge in [-0.05, 0) is 30.9 Å². The molecular formula is C10H16N2. The van der Waals surface area contributed by atoms with Crippen LogP contribution in [0.1, 0.15) is 43.6 Å². The molecule has 0 spiro atoms. The van der Waals surface area contributed by atoms with Crippen molar-refractivity contribution in [2.75, 3.05) is 0 Å². The third-order valence-corrected chi connectivity index (χ3v) is 1.96. The second kappa shape index (κ2) is 3.65. The summed E-state index contributed by atoms with van der Waals surface area (Å²) in [6, 6.07) is 2.13. The van der Waals surface area contributed by atoms with Crippen molar-refractivity contribution in [3.05, 3.63) is 23.0 Å². The Morgan fingerprint density at radius 1 is 1.33 bits per heavy atom. The summed E-state index contributed by atoms with van der Waals surface area (Å²) in [6.45, 7) is 8.44. The Morgan fingerprint density at radius 3 is 2.50 bits per heavy atom. The maximum Gasteiger partial charge on any atom is 0.0688 e. The first-order chi connectivity index (χ1) is 5.65. The molecular weight excluding hydrogens is 148 g/mol. The van der Waals surface area contributed by atoms with E-state index in [9.17, 15) is 0 Å². The lowest BCUT2D eigenvalue weighted by Crippen LogP contribution is -2.02. The number of hydrogen-bond acceptors (Lipinski definition) is 2. The van der Waals surface area contributed by atoms with Gasteiger partial charge in [0.2, 0.25) is 0 Å². The first-order valence-electron chi connectivity index (χ1n) is 4.48. The fraction of sp³-hybridized carbons (Fsp3) is 0.600. The zero-order valence-corrected chi connectivity index (χ0v) is 8.26. The molecule has 0 aliphatic carbocycles. The summed E-state index contributed by atoms with van der Waals surface area (Å²) in [6.07, 6.45) is 1.05. The van der Waals surface area contributed by atoms with Crippen LogP contribution in [0.5, 0.6) is 0 Å². The van der Waals surface area contributed by atoms with E-state index < -0.39 is 0 Å². The highest BCUT2D eigenvalue weighted by molar-refractivity contribution is 5.23. The predicted octanol–water partition coefficient (Wildman–Crippen LogP) is 2.47. The van der Waals surface area contributed by atoms with Gasteiger partial charge < -0.3 is 0 Å². The zero-order valence-electron chi connectivity index (χ0n) is 8.26. The second-order valence-electron chi connectivity index (χ2n) is 3.40. The molecule has 66 valence electrons. The first kappa shape index (κ1) is 9.17. The molecule has 0 atom stereocenters. The molecule has 1 rings (SSSR count). The lowest BCUT2D eigenvalue weighted by atomic mass is 10.0. The molecule has 0 unspecified atom stereocenters. The van der Waals surface area contributed by atoms with Gasteiger partial charge in [0.05, 0.1) is 11.4 Å². The van der Waals surface area contributed by atoms with Crippen LogP contribution in [-0.4, -0.2) is 10.2 Å². The van der Waals surface area contributed by atoms with E-state index >= 15 is 0 Å². The number of rotatable bonds is 2. The highest BCUT2D eigenvalue weighted by Gasteiger charge is 2.07. The van der Waals surface area contributed by atoms with Crippen LogP contribution in [-0.2, 0) is 6.42 Å². The molecule has 1 aromatic rings. The first-order valence-corrected chi connectivity index (χ1v) is 4.48. The number of aryl methyl sites for hydroxylation is 2. The third kappa shape index (κ3) is 1.81. The van der Waals surface area contributed by atoms with Gasteiger partial charge in [-0.25, -0.2) is 0 Å². The molecule has 0 aromatic carbocycles. The minimum Gasteiger partial charge on any atom is -0.156 e. The molecule has 0 saturated heterocycles. The van der Waals surface area contributed by atoms with Crippen LogP contribution in [0.4, 0.5) is 0 Å². The number of aromatic nitrogens is 2. The van der Waals surface area contributed by atoms with E-state index in [1.165, 1.54) is 5.56 Å². The summed E-state index contributed by atoms with van der Waals surface area (Å²) in [7, 11) is 0. The number of hydrogen-bond donors (Lipinski definition) is 0. The van der Waals surface area contributed by atoms with Crippen molar-refractivity contribution in [3.8, 4) is 0 Å². The van der Waals surface area contributed by atoms with Gasteiger partial charge in [0, 0.05) is 0 Å². The van der Waals surface area contributed by atoms with Crippen LogP contribution in [0.3, 0.4) is 0 Å². The smallest absolute Gasteiger partial charge is 0.0688 e. The van der Waals surface area contributed by atoms with E-state index in [1.54, 1.807) is 0 Å². The largest absolute Gasteiger partial charge is 0.156 e. The highest BCUT2D eigenvalue weighted by atomic mass is 15.1. The van der Waals surface area contributed by atoms with Gasteiger partial charge in [-0.1, -0.05) is 20.8 Å². The van der Waals surface area contributed by atoms with Gasteiger partial charge in [0.25, 0.3) is 0 Å². The fourth-order valence-electron chi connectivity index (χ4n) is 1.32. The predicted molar refractivity (Wildman–Crippen MR) is 50.2 cm³/mol. The molecule has 0 aliphatic rings. The number of nitrogens with zero attached hydrogens (tertiary/aromatic N) is 2. The molecule has 0 fully saturated rings. The van der Waals surface area contributed by atoms with Gasteiger partial charge in [-0.2, -0.15) is 10.2 Å². The fourth-order valence-corrected chi connectivity index (χ4v) is 1.32. The molecule has 0 saturated carbocycles. The van der Waals surface area contributed by atoms with Crippen molar-refractivity contribution in [3.63, 3.8) is 0 Å². The standard InChI is InChI=1S/C10H16N2/c1-5-9-6-8(4)11-12-10(9)7(2)3/h6-7H,5H2,1-4H3. The van der Waals surface area contributed by atoms with Crippen LogP contribution in [0.2, 0.25) is 0 Å². The lowest BCUT2D eigenvalue weighted by Gasteiger charge is -2.08. The van der Waals surface area contributed by atoms with Gasteiger partial charge in [0.1, 0.15) is 0 Å². The van der Waals surface area contributed by atoms with E-state index in [0.717, 1.165) is 17.8 Å². The molecule has 2 heteroatoms. The maximum absolute atomic E-state index is 4.20. The van der Waals surface area contributed by atoms with Crippen LogP contribution < -0.4 is 0 Å². The zero-order chi connectivity index (χ0) is 9.14. The summed E-state index contributed by atoms with van der Waals surface area (Å²) in [5.74, 6) is 0.480. The Labute approximate surface area is 74.0 Å². The highest BCUT2D eigenvalue weighted by Crippen LogP contribution is 2.16. The summed E-state index contributed by atoms with van der Waals surface area (Å²) in [5, 5.41) is 8.26. The van der Waals surface area contributed by atoms with E-state index in [2.05, 4.69) is 37.0 Å². The van der Waals surface area contributed by atoms with E-state index in [0.29, 0.717) is 5.92 Å². The second-order valence-corrected chi connectivity index (χ2v) is 3.40. The normalized spacial score (nSPS) is 10.8. The van der Waals surface area contributed by atoms with Crippen molar-refractivity contribution in [1.29, 1.82) is 0 Å². The summed E-state index contributed by atoms with van der Waals surface area (Å²) >= 11 is 0. The van der Waals surface area contributed by atoms with Crippen molar-refractivity contribution in [2.45, 2.75) is 40.0 Å². The average molecular weight is 164 g/mol. The van der Waals surface area contributed by atoms with Crippen LogP contribution in [0, 0.1) is 6.92 Å². The Bertz CT molecular complexity index is 267. The van der Waals surface area contributed by atoms with E-state index in [4.69, 9.17) is 0 Å². The van der Waals surface area contributed by atoms with Crippen LogP contribution in [0.15, 0.2) is 6.07 Å². The summed E-state index contributed by atoms with van der Waals surface area (Å²) in [4.78, 5) is 0. The molecule has 12 heavy (non-hydrogen) atoms. The summed E-state index contributed by atoms with van der Waals surface area (Å²) < 4.78 is 0. The van der Waals surface area contributed by atoms with Crippen molar-refractivity contribution in [1.82, 2.24) is 10.2 Å². The molecule has 0 amide bonds. The average Bonchev–Trinajstić information content (AvgIpc) is 2.03. The monoisotopic (exact) mass is 164 g/mol. The Balaban J connectivity index is 3.11. The van der Waals surface area contributed by atoms with Gasteiger partial charge in [-0.15, -0.1) is 0 Å². The van der Waals surface area contributed by atoms with Crippen LogP contribution in [0.25, 0.3) is 0 Å². The minimum absolute atomic E-state index is 0.480. The molecule has 1 aromatic heterocycles. The molecule has 0 N–H and O–H groups in total. The quantitative estimate of drug-likeness (QED) is 0.671. The van der Waals surface area contributed by atoms with Crippen molar-refractivity contribution >= 4 is 0 Å². The molecule has 1 heterocycles.